The van der Waals surface area contributed by atoms with E-state index in [1.54, 1.807) is 25.4 Å². The second kappa shape index (κ2) is 6.43. The molecule has 1 aliphatic heterocycles. The Morgan fingerprint density at radius 1 is 1.48 bits per heavy atom. The van der Waals surface area contributed by atoms with E-state index < -0.39 is 11.9 Å². The molecule has 1 aromatic heterocycles. The van der Waals surface area contributed by atoms with E-state index in [-0.39, 0.29) is 24.9 Å². The Balaban J connectivity index is 1.91. The zero-order chi connectivity index (χ0) is 15.4. The largest absolute Gasteiger partial charge is 0.481 e. The first-order chi connectivity index (χ1) is 9.99. The monoisotopic (exact) mass is 293 g/mol. The molecular weight excluding hydrogens is 274 g/mol. The lowest BCUT2D eigenvalue weighted by atomic mass is 9.98. The number of amides is 2. The maximum Gasteiger partial charge on any atom is 0.308 e. The van der Waals surface area contributed by atoms with Gasteiger partial charge in [-0.25, -0.2) is 0 Å². The SMILES string of the molecule is CN(CC(=O)N1CCCC(C(=O)O)C1)C(=O)c1ccc[nH]1. The minimum Gasteiger partial charge on any atom is -0.481 e. The minimum absolute atomic E-state index is 0.0514. The number of carboxylic acids is 1. The van der Waals surface area contributed by atoms with Crippen molar-refractivity contribution in [3.63, 3.8) is 0 Å². The van der Waals surface area contributed by atoms with Crippen LogP contribution >= 0.6 is 0 Å². The number of rotatable bonds is 4. The van der Waals surface area contributed by atoms with Crippen LogP contribution in [0.3, 0.4) is 0 Å². The number of hydrogen-bond acceptors (Lipinski definition) is 3. The highest BCUT2D eigenvalue weighted by Crippen LogP contribution is 2.17. The number of piperidine rings is 1. The quantitative estimate of drug-likeness (QED) is 0.840. The summed E-state index contributed by atoms with van der Waals surface area (Å²) in [5.41, 5.74) is 0.423. The van der Waals surface area contributed by atoms with E-state index in [1.807, 2.05) is 0 Å². The Labute approximate surface area is 122 Å². The lowest BCUT2D eigenvalue weighted by Crippen LogP contribution is -2.46. The molecule has 21 heavy (non-hydrogen) atoms. The summed E-state index contributed by atoms with van der Waals surface area (Å²) >= 11 is 0. The third-order valence-electron chi connectivity index (χ3n) is 3.67. The molecule has 1 saturated heterocycles. The molecule has 0 radical (unpaired) electrons. The van der Waals surface area contributed by atoms with Gasteiger partial charge in [0, 0.05) is 26.3 Å². The van der Waals surface area contributed by atoms with Gasteiger partial charge in [-0.15, -0.1) is 0 Å². The average Bonchev–Trinajstić information content (AvgIpc) is 3.00. The number of nitrogens with one attached hydrogen (secondary N) is 1. The molecule has 0 aliphatic carbocycles. The molecule has 1 fully saturated rings. The summed E-state index contributed by atoms with van der Waals surface area (Å²) in [5.74, 6) is -1.86. The number of aromatic amines is 1. The Morgan fingerprint density at radius 2 is 2.24 bits per heavy atom. The molecule has 0 aromatic carbocycles. The van der Waals surface area contributed by atoms with Crippen molar-refractivity contribution in [3.05, 3.63) is 24.0 Å². The topological polar surface area (TPSA) is 93.7 Å². The molecule has 7 nitrogen and oxygen atoms in total. The third-order valence-corrected chi connectivity index (χ3v) is 3.67. The van der Waals surface area contributed by atoms with E-state index in [0.29, 0.717) is 25.1 Å². The number of likely N-dealkylation sites (N-methyl/N-ethyl adjacent to an activating group) is 1. The molecule has 114 valence electrons. The standard InChI is InChI=1S/C14H19N3O4/c1-16(13(19)11-5-2-6-15-11)9-12(18)17-7-3-4-10(8-17)14(20)21/h2,5-6,10,15H,3-4,7-9H2,1H3,(H,20,21). The zero-order valence-electron chi connectivity index (χ0n) is 11.9. The Hall–Kier alpha value is -2.31. The summed E-state index contributed by atoms with van der Waals surface area (Å²) in [6.45, 7) is 0.718. The molecule has 1 atom stereocenters. The Bertz CT molecular complexity index is 526. The van der Waals surface area contributed by atoms with Gasteiger partial charge in [0.05, 0.1) is 12.5 Å². The number of aliphatic carboxylic acids is 1. The second-order valence-electron chi connectivity index (χ2n) is 5.26. The van der Waals surface area contributed by atoms with Gasteiger partial charge in [0.25, 0.3) is 5.91 Å². The normalized spacial score (nSPS) is 18.3. The fourth-order valence-electron chi connectivity index (χ4n) is 2.45. The van der Waals surface area contributed by atoms with Crippen molar-refractivity contribution in [2.45, 2.75) is 12.8 Å². The highest BCUT2D eigenvalue weighted by Gasteiger charge is 2.29. The molecule has 0 spiro atoms. The first kappa shape index (κ1) is 15.1. The maximum absolute atomic E-state index is 12.2. The smallest absolute Gasteiger partial charge is 0.308 e. The molecule has 1 aromatic rings. The summed E-state index contributed by atoms with van der Waals surface area (Å²) in [4.78, 5) is 40.9. The molecule has 2 rings (SSSR count). The van der Waals surface area contributed by atoms with Crippen LogP contribution in [-0.2, 0) is 9.59 Å². The fourth-order valence-corrected chi connectivity index (χ4v) is 2.45. The van der Waals surface area contributed by atoms with Gasteiger partial charge in [0.15, 0.2) is 0 Å². The van der Waals surface area contributed by atoms with Gasteiger partial charge in [0.2, 0.25) is 5.91 Å². The van der Waals surface area contributed by atoms with Crippen LogP contribution in [0.4, 0.5) is 0 Å². The lowest BCUT2D eigenvalue weighted by Gasteiger charge is -2.31. The molecule has 2 N–H and O–H groups in total. The summed E-state index contributed by atoms with van der Waals surface area (Å²) in [6, 6.07) is 3.36. The number of carbonyl (C=O) groups excluding carboxylic acids is 2. The zero-order valence-corrected chi connectivity index (χ0v) is 11.9. The van der Waals surface area contributed by atoms with Crippen LogP contribution in [0.5, 0.6) is 0 Å². The number of carbonyl (C=O) groups is 3. The van der Waals surface area contributed by atoms with Crippen molar-refractivity contribution < 1.29 is 19.5 Å². The van der Waals surface area contributed by atoms with Crippen LogP contribution in [0.2, 0.25) is 0 Å². The van der Waals surface area contributed by atoms with Gasteiger partial charge in [0.1, 0.15) is 5.69 Å². The number of nitrogens with zero attached hydrogens (tertiary/aromatic N) is 2. The molecule has 2 heterocycles. The Morgan fingerprint density at radius 3 is 2.86 bits per heavy atom. The molecule has 1 unspecified atom stereocenters. The van der Waals surface area contributed by atoms with Crippen molar-refractivity contribution in [3.8, 4) is 0 Å². The van der Waals surface area contributed by atoms with E-state index in [1.165, 1.54) is 9.80 Å². The van der Waals surface area contributed by atoms with Crippen molar-refractivity contribution in [1.29, 1.82) is 0 Å². The summed E-state index contributed by atoms with van der Waals surface area (Å²) in [5, 5.41) is 9.03. The van der Waals surface area contributed by atoms with Gasteiger partial charge in [-0.1, -0.05) is 0 Å². The number of aromatic nitrogens is 1. The van der Waals surface area contributed by atoms with Crippen LogP contribution in [0.1, 0.15) is 23.3 Å². The van der Waals surface area contributed by atoms with Gasteiger partial charge in [-0.2, -0.15) is 0 Å². The van der Waals surface area contributed by atoms with Crippen LogP contribution in [0.15, 0.2) is 18.3 Å². The highest BCUT2D eigenvalue weighted by atomic mass is 16.4. The predicted octanol–water partition coefficient (Wildman–Crippen LogP) is 0.410. The first-order valence-corrected chi connectivity index (χ1v) is 6.88. The first-order valence-electron chi connectivity index (χ1n) is 6.88. The maximum atomic E-state index is 12.2. The van der Waals surface area contributed by atoms with Gasteiger partial charge in [-0.05, 0) is 25.0 Å². The van der Waals surface area contributed by atoms with E-state index in [9.17, 15) is 14.4 Å². The second-order valence-corrected chi connectivity index (χ2v) is 5.26. The van der Waals surface area contributed by atoms with E-state index in [4.69, 9.17) is 5.11 Å². The van der Waals surface area contributed by atoms with E-state index in [2.05, 4.69) is 4.98 Å². The van der Waals surface area contributed by atoms with Crippen LogP contribution in [0.25, 0.3) is 0 Å². The fraction of sp³-hybridized carbons (Fsp3) is 0.500. The van der Waals surface area contributed by atoms with Crippen molar-refractivity contribution in [1.82, 2.24) is 14.8 Å². The van der Waals surface area contributed by atoms with E-state index in [0.717, 1.165) is 0 Å². The van der Waals surface area contributed by atoms with E-state index >= 15 is 0 Å². The number of H-pyrrole nitrogens is 1. The molecule has 0 saturated carbocycles. The van der Waals surface area contributed by atoms with Crippen molar-refractivity contribution in [2.75, 3.05) is 26.7 Å². The molecule has 1 aliphatic rings. The van der Waals surface area contributed by atoms with Crippen LogP contribution < -0.4 is 0 Å². The summed E-state index contributed by atoms with van der Waals surface area (Å²) < 4.78 is 0. The third kappa shape index (κ3) is 3.62. The van der Waals surface area contributed by atoms with Crippen LogP contribution in [0, 0.1) is 5.92 Å². The number of likely N-dealkylation sites (tertiary alicyclic amines) is 1. The Kier molecular flexibility index (Phi) is 4.62. The van der Waals surface area contributed by atoms with Crippen LogP contribution in [-0.4, -0.2) is 64.4 Å². The predicted molar refractivity (Wildman–Crippen MR) is 74.7 cm³/mol. The van der Waals surface area contributed by atoms with Crippen molar-refractivity contribution >= 4 is 17.8 Å². The highest BCUT2D eigenvalue weighted by molar-refractivity contribution is 5.94. The van der Waals surface area contributed by atoms with Gasteiger partial charge in [-0.3, -0.25) is 14.4 Å². The van der Waals surface area contributed by atoms with Crippen molar-refractivity contribution in [2.24, 2.45) is 5.92 Å². The minimum atomic E-state index is -0.872. The molecule has 2 amide bonds. The molecule has 7 heteroatoms. The molecular formula is C14H19N3O4. The number of hydrogen-bond donors (Lipinski definition) is 2. The number of carboxylic acid groups (broad SMARTS) is 1. The summed E-state index contributed by atoms with van der Waals surface area (Å²) in [7, 11) is 1.56. The van der Waals surface area contributed by atoms with Gasteiger partial charge < -0.3 is 19.9 Å². The summed E-state index contributed by atoms with van der Waals surface area (Å²) in [6.07, 6.45) is 2.92. The lowest BCUT2D eigenvalue weighted by molar-refractivity contribution is -0.145. The average molecular weight is 293 g/mol. The molecule has 0 bridgehead atoms. The van der Waals surface area contributed by atoms with Gasteiger partial charge >= 0.3 is 5.97 Å².